The molecule has 0 radical (unpaired) electrons. The molecule has 2 fully saturated rings. The third kappa shape index (κ3) is 3.86. The maximum atomic E-state index is 12.3. The normalized spacial score (nSPS) is 23.2. The highest BCUT2D eigenvalue weighted by atomic mass is 79.9. The van der Waals surface area contributed by atoms with Crippen molar-refractivity contribution in [2.45, 2.75) is 24.8 Å². The smallest absolute Gasteiger partial charge is 0.259 e. The molecule has 2 aliphatic rings. The monoisotopic (exact) mass is 418 g/mol. The quantitative estimate of drug-likeness (QED) is 0.734. The predicted octanol–water partition coefficient (Wildman–Crippen LogP) is 4.68. The lowest BCUT2D eigenvalue weighted by atomic mass is 10.1. The molecule has 25 heavy (non-hydrogen) atoms. The Morgan fingerprint density at radius 1 is 1.12 bits per heavy atom. The summed E-state index contributed by atoms with van der Waals surface area (Å²) < 4.78 is 6.94. The van der Waals surface area contributed by atoms with Gasteiger partial charge in [-0.2, -0.15) is 0 Å². The van der Waals surface area contributed by atoms with Crippen molar-refractivity contribution in [3.05, 3.63) is 51.5 Å². The zero-order valence-corrected chi connectivity index (χ0v) is 16.1. The number of amides is 1. The van der Waals surface area contributed by atoms with Crippen molar-refractivity contribution in [3.8, 4) is 11.3 Å². The van der Waals surface area contributed by atoms with E-state index < -0.39 is 0 Å². The number of thioether (sulfide) groups is 1. The zero-order valence-electron chi connectivity index (χ0n) is 13.7. The summed E-state index contributed by atoms with van der Waals surface area (Å²) in [6.45, 7) is 2.11. The fourth-order valence-electron chi connectivity index (χ4n) is 3.13. The van der Waals surface area contributed by atoms with Crippen molar-refractivity contribution < 1.29 is 9.21 Å². The van der Waals surface area contributed by atoms with Gasteiger partial charge in [-0.05, 0) is 37.1 Å². The van der Waals surface area contributed by atoms with E-state index in [1.165, 1.54) is 19.3 Å². The highest BCUT2D eigenvalue weighted by molar-refractivity contribution is 9.10. The van der Waals surface area contributed by atoms with Crippen LogP contribution in [0.5, 0.6) is 0 Å². The molecular weight excluding hydrogens is 400 g/mol. The van der Waals surface area contributed by atoms with Gasteiger partial charge in [0, 0.05) is 29.2 Å². The largest absolute Gasteiger partial charge is 0.457 e. The summed E-state index contributed by atoms with van der Waals surface area (Å²) in [5, 5.41) is 3.07. The van der Waals surface area contributed by atoms with Crippen LogP contribution in [0.2, 0.25) is 0 Å². The molecule has 2 aromatic rings. The lowest BCUT2D eigenvalue weighted by Crippen LogP contribution is -2.44. The summed E-state index contributed by atoms with van der Waals surface area (Å²) in [6.07, 6.45) is 5.55. The van der Waals surface area contributed by atoms with Crippen LogP contribution in [-0.2, 0) is 4.79 Å². The highest BCUT2D eigenvalue weighted by Gasteiger charge is 2.32. The highest BCUT2D eigenvalue weighted by Crippen LogP contribution is 2.33. The summed E-state index contributed by atoms with van der Waals surface area (Å²) in [5.41, 5.74) is 1.07. The molecule has 1 amide bonds. The van der Waals surface area contributed by atoms with Gasteiger partial charge in [-0.3, -0.25) is 9.69 Å². The van der Waals surface area contributed by atoms with Crippen LogP contribution in [0.15, 0.2) is 50.2 Å². The second-order valence-electron chi connectivity index (χ2n) is 6.26. The standard InChI is InChI=1S/C19H19BrN2O2S/c20-14-6-4-13(5-7-14)16-9-8-15(24-16)12-17-18(23)21-19(25-17)22-10-2-1-3-11-22/h4-9,12,19H,1-3,10-11H2,(H,21,23)/b17-12+/t19-/m1/s1. The summed E-state index contributed by atoms with van der Waals surface area (Å²) >= 11 is 5.02. The van der Waals surface area contributed by atoms with Crippen LogP contribution in [0, 0.1) is 0 Å². The number of likely N-dealkylation sites (tertiary alicyclic amines) is 1. The van der Waals surface area contributed by atoms with Crippen LogP contribution in [-0.4, -0.2) is 29.4 Å². The van der Waals surface area contributed by atoms with E-state index in [4.69, 9.17) is 4.42 Å². The minimum absolute atomic E-state index is 0.0119. The van der Waals surface area contributed by atoms with Gasteiger partial charge >= 0.3 is 0 Å². The molecule has 6 heteroatoms. The molecule has 1 aromatic heterocycles. The van der Waals surface area contributed by atoms with Crippen molar-refractivity contribution in [1.29, 1.82) is 0 Å². The fraction of sp³-hybridized carbons (Fsp3) is 0.316. The molecule has 1 N–H and O–H groups in total. The summed E-state index contributed by atoms with van der Waals surface area (Å²) in [4.78, 5) is 15.3. The summed E-state index contributed by atoms with van der Waals surface area (Å²) in [7, 11) is 0. The van der Waals surface area contributed by atoms with E-state index in [0.29, 0.717) is 10.7 Å². The van der Waals surface area contributed by atoms with E-state index >= 15 is 0 Å². The van der Waals surface area contributed by atoms with Crippen molar-refractivity contribution in [3.63, 3.8) is 0 Å². The lowest BCUT2D eigenvalue weighted by Gasteiger charge is -2.30. The van der Waals surface area contributed by atoms with E-state index in [2.05, 4.69) is 26.1 Å². The topological polar surface area (TPSA) is 45.5 Å². The number of nitrogens with one attached hydrogen (secondary N) is 1. The van der Waals surface area contributed by atoms with Crippen LogP contribution in [0.25, 0.3) is 17.4 Å². The van der Waals surface area contributed by atoms with Gasteiger partial charge in [-0.25, -0.2) is 0 Å². The Balaban J connectivity index is 1.49. The molecular formula is C19H19BrN2O2S. The van der Waals surface area contributed by atoms with E-state index in [1.54, 1.807) is 11.8 Å². The average Bonchev–Trinajstić information content (AvgIpc) is 3.24. The van der Waals surface area contributed by atoms with E-state index in [9.17, 15) is 4.79 Å². The molecule has 3 heterocycles. The molecule has 0 aliphatic carbocycles. The molecule has 0 bridgehead atoms. The SMILES string of the molecule is O=C1N[C@H](N2CCCCC2)S/C1=C/c1ccc(-c2ccc(Br)cc2)o1. The molecule has 1 atom stereocenters. The number of nitrogens with zero attached hydrogens (tertiary/aromatic N) is 1. The van der Waals surface area contributed by atoms with Crippen LogP contribution < -0.4 is 5.32 Å². The van der Waals surface area contributed by atoms with Crippen LogP contribution in [0.4, 0.5) is 0 Å². The second kappa shape index (κ2) is 7.40. The summed E-state index contributed by atoms with van der Waals surface area (Å²) in [6, 6.07) is 11.8. The van der Waals surface area contributed by atoms with Crippen LogP contribution in [0.3, 0.4) is 0 Å². The molecule has 1 aromatic carbocycles. The van der Waals surface area contributed by atoms with E-state index in [1.807, 2.05) is 42.5 Å². The number of halogens is 1. The number of carbonyl (C=O) groups excluding carboxylic acids is 1. The van der Waals surface area contributed by atoms with Crippen molar-refractivity contribution >= 4 is 39.7 Å². The van der Waals surface area contributed by atoms with Gasteiger partial charge in [0.05, 0.1) is 4.91 Å². The molecule has 0 unspecified atom stereocenters. The molecule has 2 aliphatic heterocycles. The minimum Gasteiger partial charge on any atom is -0.457 e. The number of rotatable bonds is 3. The molecule has 4 rings (SSSR count). The lowest BCUT2D eigenvalue weighted by molar-refractivity contribution is -0.117. The Hall–Kier alpha value is -1.50. The van der Waals surface area contributed by atoms with Gasteiger partial charge < -0.3 is 9.73 Å². The first-order chi connectivity index (χ1) is 12.2. The maximum absolute atomic E-state index is 12.3. The first kappa shape index (κ1) is 16.9. The Morgan fingerprint density at radius 2 is 1.88 bits per heavy atom. The second-order valence-corrected chi connectivity index (χ2v) is 8.30. The molecule has 2 saturated heterocycles. The number of benzene rings is 1. The van der Waals surface area contributed by atoms with Crippen LogP contribution >= 0.6 is 27.7 Å². The third-order valence-corrected chi connectivity index (χ3v) is 6.19. The van der Waals surface area contributed by atoms with Gasteiger partial charge in [0.25, 0.3) is 5.91 Å². The number of carbonyl (C=O) groups is 1. The van der Waals surface area contributed by atoms with Crippen molar-refractivity contribution in [2.24, 2.45) is 0 Å². The van der Waals surface area contributed by atoms with Gasteiger partial charge in [-0.1, -0.05) is 46.2 Å². The Morgan fingerprint density at radius 3 is 2.64 bits per heavy atom. The van der Waals surface area contributed by atoms with E-state index in [0.717, 1.165) is 28.9 Å². The zero-order chi connectivity index (χ0) is 17.2. The number of hydrogen-bond donors (Lipinski definition) is 1. The average molecular weight is 419 g/mol. The molecule has 130 valence electrons. The predicted molar refractivity (Wildman–Crippen MR) is 105 cm³/mol. The Labute approximate surface area is 159 Å². The third-order valence-electron chi connectivity index (χ3n) is 4.47. The Kier molecular flexibility index (Phi) is 5.01. The fourth-order valence-corrected chi connectivity index (χ4v) is 4.51. The van der Waals surface area contributed by atoms with Gasteiger partial charge in [0.1, 0.15) is 17.0 Å². The molecule has 4 nitrogen and oxygen atoms in total. The van der Waals surface area contributed by atoms with Crippen molar-refractivity contribution in [2.75, 3.05) is 13.1 Å². The van der Waals surface area contributed by atoms with E-state index in [-0.39, 0.29) is 11.4 Å². The van der Waals surface area contributed by atoms with Crippen molar-refractivity contribution in [1.82, 2.24) is 10.2 Å². The van der Waals surface area contributed by atoms with Gasteiger partial charge in [-0.15, -0.1) is 0 Å². The molecule has 0 saturated carbocycles. The van der Waals surface area contributed by atoms with Gasteiger partial charge in [0.2, 0.25) is 0 Å². The summed E-state index contributed by atoms with van der Waals surface area (Å²) in [5.74, 6) is 1.49. The first-order valence-electron chi connectivity index (χ1n) is 8.48. The first-order valence-corrected chi connectivity index (χ1v) is 10.2. The number of piperidine rings is 1. The minimum atomic E-state index is -0.0119. The van der Waals surface area contributed by atoms with Crippen LogP contribution in [0.1, 0.15) is 25.0 Å². The number of hydrogen-bond acceptors (Lipinski definition) is 4. The number of furan rings is 1. The molecule has 0 spiro atoms. The van der Waals surface area contributed by atoms with Gasteiger partial charge in [0.15, 0.2) is 0 Å². The maximum Gasteiger partial charge on any atom is 0.259 e. The Bertz CT molecular complexity index is 794.